The van der Waals surface area contributed by atoms with Gasteiger partial charge in [-0.05, 0) is 111 Å². The minimum atomic E-state index is 0.495. The lowest BCUT2D eigenvalue weighted by atomic mass is 9.78. The third-order valence-electron chi connectivity index (χ3n) is 9.89. The molecule has 3 atom stereocenters. The molecule has 0 N–H and O–H groups in total. The molecule has 0 heterocycles. The van der Waals surface area contributed by atoms with Crippen LogP contribution in [-0.4, -0.2) is 24.5 Å². The van der Waals surface area contributed by atoms with E-state index in [0.29, 0.717) is 16.2 Å². The van der Waals surface area contributed by atoms with Crippen LogP contribution in [-0.2, 0) is 0 Å². The van der Waals surface area contributed by atoms with Gasteiger partial charge in [-0.2, -0.15) is 0 Å². The van der Waals surface area contributed by atoms with Crippen molar-refractivity contribution in [3.63, 3.8) is 0 Å². The maximum absolute atomic E-state index is 2.88. The standard InChI is InChI=1S/C39H81N/c1-13-16-19-25-37(7,8)31-34(4)22-28-40(29-23-35(5)32-38(9,10)26-20-17-14-2)30-24-36(6)33-39(11,12)27-21-18-15-3/h34-36H,13-33H2,1-12H3. The van der Waals surface area contributed by atoms with E-state index in [4.69, 9.17) is 0 Å². The van der Waals surface area contributed by atoms with Gasteiger partial charge in [0, 0.05) is 0 Å². The van der Waals surface area contributed by atoms with E-state index in [1.54, 1.807) is 0 Å². The van der Waals surface area contributed by atoms with E-state index in [-0.39, 0.29) is 0 Å². The van der Waals surface area contributed by atoms with Crippen LogP contribution in [0.4, 0.5) is 0 Å². The van der Waals surface area contributed by atoms with Gasteiger partial charge in [0.25, 0.3) is 0 Å². The van der Waals surface area contributed by atoms with E-state index in [0.717, 1.165) is 17.8 Å². The highest BCUT2D eigenvalue weighted by Gasteiger charge is 2.24. The van der Waals surface area contributed by atoms with E-state index < -0.39 is 0 Å². The molecule has 0 rings (SSSR count). The molecule has 0 aromatic rings. The number of unbranched alkanes of at least 4 members (excludes halogenated alkanes) is 6. The zero-order valence-corrected chi connectivity index (χ0v) is 30.5. The molecule has 0 saturated carbocycles. The molecule has 1 nitrogen and oxygen atoms in total. The van der Waals surface area contributed by atoms with Gasteiger partial charge in [-0.15, -0.1) is 0 Å². The Morgan fingerprint density at radius 1 is 0.425 bits per heavy atom. The number of rotatable bonds is 27. The molecule has 0 spiro atoms. The lowest BCUT2D eigenvalue weighted by Crippen LogP contribution is -2.31. The molecule has 0 aliphatic heterocycles. The van der Waals surface area contributed by atoms with Crippen LogP contribution in [0.25, 0.3) is 0 Å². The molecule has 0 fully saturated rings. The second-order valence-electron chi connectivity index (χ2n) is 17.0. The fourth-order valence-electron chi connectivity index (χ4n) is 7.55. The van der Waals surface area contributed by atoms with E-state index >= 15 is 0 Å². The topological polar surface area (TPSA) is 3.24 Å². The lowest BCUT2D eigenvalue weighted by molar-refractivity contribution is 0.174. The molecule has 1 heteroatoms. The second-order valence-corrected chi connectivity index (χ2v) is 17.0. The molecule has 242 valence electrons. The molecule has 0 amide bonds. The smallest absolute Gasteiger partial charge is 0.00162 e. The Bertz CT molecular complexity index is 493. The second kappa shape index (κ2) is 21.6. The average molecular weight is 564 g/mol. The Hall–Kier alpha value is -0.0400. The predicted molar refractivity (Wildman–Crippen MR) is 185 cm³/mol. The normalized spacial score (nSPS) is 15.5. The summed E-state index contributed by atoms with van der Waals surface area (Å²) >= 11 is 0. The van der Waals surface area contributed by atoms with E-state index in [2.05, 4.69) is 88.0 Å². The van der Waals surface area contributed by atoms with Gasteiger partial charge >= 0.3 is 0 Å². The Balaban J connectivity index is 4.99. The van der Waals surface area contributed by atoms with Gasteiger partial charge in [-0.3, -0.25) is 0 Å². The van der Waals surface area contributed by atoms with Crippen molar-refractivity contribution in [1.82, 2.24) is 4.90 Å². The quantitative estimate of drug-likeness (QED) is 0.0898. The van der Waals surface area contributed by atoms with Crippen LogP contribution in [0.2, 0.25) is 0 Å². The molecule has 0 radical (unpaired) electrons. The van der Waals surface area contributed by atoms with Gasteiger partial charge < -0.3 is 4.90 Å². The van der Waals surface area contributed by atoms with E-state index in [1.165, 1.54) is 135 Å². The number of hydrogen-bond donors (Lipinski definition) is 0. The molecular formula is C39H81N. The van der Waals surface area contributed by atoms with Crippen molar-refractivity contribution in [1.29, 1.82) is 0 Å². The summed E-state index contributed by atoms with van der Waals surface area (Å²) in [5.74, 6) is 2.47. The molecule has 0 bridgehead atoms. The Kier molecular flexibility index (Phi) is 21.6. The maximum Gasteiger partial charge on any atom is -0.00162 e. The first-order valence-electron chi connectivity index (χ1n) is 18.4. The molecule has 0 aliphatic rings. The highest BCUT2D eigenvalue weighted by atomic mass is 15.1. The summed E-state index contributed by atoms with van der Waals surface area (Å²) in [6.07, 6.45) is 24.8. The van der Waals surface area contributed by atoms with Crippen LogP contribution in [0, 0.1) is 34.0 Å². The third-order valence-corrected chi connectivity index (χ3v) is 9.89. The molecular weight excluding hydrogens is 482 g/mol. The summed E-state index contributed by atoms with van der Waals surface area (Å²) in [5.41, 5.74) is 1.49. The zero-order chi connectivity index (χ0) is 30.7. The minimum Gasteiger partial charge on any atom is -0.303 e. The van der Waals surface area contributed by atoms with Crippen LogP contribution in [0.1, 0.15) is 199 Å². The number of hydrogen-bond acceptors (Lipinski definition) is 1. The van der Waals surface area contributed by atoms with Gasteiger partial charge in [0.1, 0.15) is 0 Å². The van der Waals surface area contributed by atoms with Gasteiger partial charge in [-0.1, -0.05) is 141 Å². The Morgan fingerprint density at radius 3 is 0.900 bits per heavy atom. The molecule has 3 unspecified atom stereocenters. The van der Waals surface area contributed by atoms with Crippen molar-refractivity contribution in [2.75, 3.05) is 19.6 Å². The molecule has 0 aromatic carbocycles. The van der Waals surface area contributed by atoms with Crippen molar-refractivity contribution >= 4 is 0 Å². The first-order valence-corrected chi connectivity index (χ1v) is 18.4. The summed E-state index contributed by atoms with van der Waals surface area (Å²) < 4.78 is 0. The highest BCUT2D eigenvalue weighted by Crippen LogP contribution is 2.35. The van der Waals surface area contributed by atoms with Crippen molar-refractivity contribution in [2.45, 2.75) is 199 Å². The van der Waals surface area contributed by atoms with E-state index in [1.807, 2.05) is 0 Å². The Labute approximate surface area is 256 Å². The monoisotopic (exact) mass is 564 g/mol. The molecule has 40 heavy (non-hydrogen) atoms. The first kappa shape index (κ1) is 40.0. The van der Waals surface area contributed by atoms with Crippen molar-refractivity contribution in [2.24, 2.45) is 34.0 Å². The third kappa shape index (κ3) is 22.5. The van der Waals surface area contributed by atoms with Gasteiger partial charge in [0.2, 0.25) is 0 Å². The van der Waals surface area contributed by atoms with E-state index in [9.17, 15) is 0 Å². The zero-order valence-electron chi connectivity index (χ0n) is 30.5. The SMILES string of the molecule is CCCCCC(C)(C)CC(C)CCN(CCC(C)CC(C)(C)CCCCC)CCC(C)CC(C)(C)CCCCC. The highest BCUT2D eigenvalue weighted by molar-refractivity contribution is 4.77. The van der Waals surface area contributed by atoms with Crippen LogP contribution in [0.15, 0.2) is 0 Å². The van der Waals surface area contributed by atoms with Crippen LogP contribution < -0.4 is 0 Å². The fourth-order valence-corrected chi connectivity index (χ4v) is 7.55. The van der Waals surface area contributed by atoms with Crippen molar-refractivity contribution in [3.8, 4) is 0 Å². The summed E-state index contributed by atoms with van der Waals surface area (Å²) in [6.45, 7) is 33.6. The molecule has 0 aromatic heterocycles. The molecule has 0 saturated heterocycles. The molecule has 0 aliphatic carbocycles. The van der Waals surface area contributed by atoms with Gasteiger partial charge in [0.15, 0.2) is 0 Å². The summed E-state index contributed by atoms with van der Waals surface area (Å²) in [5, 5.41) is 0. The summed E-state index contributed by atoms with van der Waals surface area (Å²) in [4.78, 5) is 2.88. The van der Waals surface area contributed by atoms with Crippen molar-refractivity contribution in [3.05, 3.63) is 0 Å². The largest absolute Gasteiger partial charge is 0.303 e. The number of nitrogens with zero attached hydrogens (tertiary/aromatic N) is 1. The van der Waals surface area contributed by atoms with Gasteiger partial charge in [-0.25, -0.2) is 0 Å². The first-order chi connectivity index (χ1) is 18.6. The maximum atomic E-state index is 2.88. The fraction of sp³-hybridized carbons (Fsp3) is 1.00. The summed E-state index contributed by atoms with van der Waals surface area (Å²) in [7, 11) is 0. The van der Waals surface area contributed by atoms with Crippen molar-refractivity contribution < 1.29 is 0 Å². The van der Waals surface area contributed by atoms with Crippen LogP contribution >= 0.6 is 0 Å². The lowest BCUT2D eigenvalue weighted by Gasteiger charge is -2.33. The predicted octanol–water partition coefficient (Wildman–Crippen LogP) is 13.4. The summed E-state index contributed by atoms with van der Waals surface area (Å²) in [6, 6.07) is 0. The minimum absolute atomic E-state index is 0.495. The average Bonchev–Trinajstić information content (AvgIpc) is 2.82. The Morgan fingerprint density at radius 2 is 0.675 bits per heavy atom. The van der Waals surface area contributed by atoms with Crippen LogP contribution in [0.5, 0.6) is 0 Å². The van der Waals surface area contributed by atoms with Crippen LogP contribution in [0.3, 0.4) is 0 Å². The van der Waals surface area contributed by atoms with Gasteiger partial charge in [0.05, 0.1) is 0 Å².